The number of hydrogen-bond acceptors (Lipinski definition) is 2. The number of pyridine rings is 1. The van der Waals surface area contributed by atoms with E-state index >= 15 is 0 Å². The fraction of sp³-hybridized carbons (Fsp3) is 0.250. The first kappa shape index (κ1) is 21.0. The molecule has 2 aromatic carbocycles. The average molecular weight is 428 g/mol. The van der Waals surface area contributed by atoms with Gasteiger partial charge in [0.05, 0.1) is 12.4 Å². The van der Waals surface area contributed by atoms with E-state index < -0.39 is 29.0 Å². The number of alkyl halides is 2. The molecule has 4 rings (SSSR count). The highest BCUT2D eigenvalue weighted by molar-refractivity contribution is 6.05. The van der Waals surface area contributed by atoms with Crippen LogP contribution in [0.4, 0.5) is 23.2 Å². The quantitative estimate of drug-likeness (QED) is 0.504. The number of carbonyl (C=O) groups is 1. The third kappa shape index (κ3) is 3.80. The lowest BCUT2D eigenvalue weighted by Gasteiger charge is -2.16. The van der Waals surface area contributed by atoms with E-state index in [1.165, 1.54) is 0 Å². The zero-order valence-electron chi connectivity index (χ0n) is 17.0. The third-order valence-electron chi connectivity index (χ3n) is 5.68. The number of nitrogens with one attached hydrogen (secondary N) is 1. The number of aromatic nitrogens is 1. The average Bonchev–Trinajstić information content (AvgIpc) is 3.01. The van der Waals surface area contributed by atoms with Crippen molar-refractivity contribution in [1.29, 1.82) is 0 Å². The molecule has 3 nitrogen and oxygen atoms in total. The van der Waals surface area contributed by atoms with Crippen LogP contribution in [0.5, 0.6) is 0 Å². The van der Waals surface area contributed by atoms with Crippen molar-refractivity contribution in [2.75, 3.05) is 5.32 Å². The lowest BCUT2D eigenvalue weighted by molar-refractivity contribution is -0.00181. The van der Waals surface area contributed by atoms with E-state index in [2.05, 4.69) is 10.3 Å². The van der Waals surface area contributed by atoms with Gasteiger partial charge in [-0.15, -0.1) is 0 Å². The fourth-order valence-corrected chi connectivity index (χ4v) is 4.04. The van der Waals surface area contributed by atoms with Crippen molar-refractivity contribution in [2.24, 2.45) is 0 Å². The zero-order valence-corrected chi connectivity index (χ0v) is 17.0. The number of halogens is 4. The summed E-state index contributed by atoms with van der Waals surface area (Å²) in [6.45, 7) is 3.74. The first-order valence-electron chi connectivity index (χ1n) is 9.96. The topological polar surface area (TPSA) is 42.0 Å². The molecular weight excluding hydrogens is 408 g/mol. The van der Waals surface area contributed by atoms with Crippen molar-refractivity contribution >= 4 is 11.6 Å². The Labute approximate surface area is 177 Å². The molecule has 1 amide bonds. The standard InChI is InChI=1S/C24H20F4N2O/c1-3-14-9-15(17-10-18-16(8-13(17)2)6-7-24(18,27)28)4-5-21(14)30-23(31)22-19(25)11-29-12-20(22)26/h4-5,8-12H,3,6-7H2,1-2H3,(H,30,31). The molecule has 7 heteroatoms. The smallest absolute Gasteiger partial charge is 0.273 e. The van der Waals surface area contributed by atoms with E-state index in [0.717, 1.165) is 23.5 Å². The molecule has 1 aliphatic carbocycles. The molecule has 0 spiro atoms. The van der Waals surface area contributed by atoms with E-state index in [1.54, 1.807) is 24.3 Å². The van der Waals surface area contributed by atoms with Gasteiger partial charge in [-0.3, -0.25) is 9.78 Å². The number of rotatable bonds is 4. The number of benzene rings is 2. The fourth-order valence-electron chi connectivity index (χ4n) is 4.04. The van der Waals surface area contributed by atoms with Crippen LogP contribution in [0.25, 0.3) is 11.1 Å². The number of amides is 1. The molecule has 0 fully saturated rings. The predicted octanol–water partition coefficient (Wildman–Crippen LogP) is 6.19. The number of fused-ring (bicyclic) bond motifs is 1. The molecule has 31 heavy (non-hydrogen) atoms. The number of carbonyl (C=O) groups excluding carboxylic acids is 1. The van der Waals surface area contributed by atoms with Gasteiger partial charge in [0.1, 0.15) is 5.56 Å². The van der Waals surface area contributed by atoms with E-state index in [4.69, 9.17) is 0 Å². The summed E-state index contributed by atoms with van der Waals surface area (Å²) in [6, 6.07) is 8.48. The maximum absolute atomic E-state index is 14.2. The molecule has 0 atom stereocenters. The van der Waals surface area contributed by atoms with Crippen LogP contribution in [0.2, 0.25) is 0 Å². The highest BCUT2D eigenvalue weighted by Crippen LogP contribution is 2.44. The van der Waals surface area contributed by atoms with Crippen LogP contribution in [0.3, 0.4) is 0 Å². The molecule has 0 aliphatic heterocycles. The summed E-state index contributed by atoms with van der Waals surface area (Å²) in [7, 11) is 0. The highest BCUT2D eigenvalue weighted by Gasteiger charge is 2.39. The van der Waals surface area contributed by atoms with E-state index in [1.807, 2.05) is 19.9 Å². The molecule has 0 bridgehead atoms. The molecule has 160 valence electrons. The van der Waals surface area contributed by atoms with Gasteiger partial charge >= 0.3 is 0 Å². The summed E-state index contributed by atoms with van der Waals surface area (Å²) in [5, 5.41) is 2.54. The Hall–Kier alpha value is -3.22. The molecule has 3 aromatic rings. The van der Waals surface area contributed by atoms with Crippen molar-refractivity contribution in [3.05, 3.63) is 82.2 Å². The van der Waals surface area contributed by atoms with Gasteiger partial charge < -0.3 is 5.32 Å². The van der Waals surface area contributed by atoms with Crippen LogP contribution in [0.1, 0.15) is 46.0 Å². The molecule has 0 saturated carbocycles. The zero-order chi connectivity index (χ0) is 22.3. The van der Waals surface area contributed by atoms with Crippen LogP contribution in [-0.2, 0) is 18.8 Å². The first-order chi connectivity index (χ1) is 14.7. The van der Waals surface area contributed by atoms with Crippen LogP contribution >= 0.6 is 0 Å². The summed E-state index contributed by atoms with van der Waals surface area (Å²) in [6.07, 6.45) is 2.24. The lowest BCUT2D eigenvalue weighted by atomic mass is 9.93. The van der Waals surface area contributed by atoms with E-state index in [9.17, 15) is 22.4 Å². The maximum atomic E-state index is 14.2. The van der Waals surface area contributed by atoms with Gasteiger partial charge in [-0.1, -0.05) is 19.1 Å². The Morgan fingerprint density at radius 2 is 1.84 bits per heavy atom. The number of hydrogen-bond donors (Lipinski definition) is 1. The number of nitrogens with zero attached hydrogens (tertiary/aromatic N) is 1. The first-order valence-corrected chi connectivity index (χ1v) is 9.96. The minimum absolute atomic E-state index is 0.0622. The lowest BCUT2D eigenvalue weighted by Crippen LogP contribution is -2.17. The maximum Gasteiger partial charge on any atom is 0.273 e. The molecule has 0 radical (unpaired) electrons. The van der Waals surface area contributed by atoms with Crippen molar-refractivity contribution in [1.82, 2.24) is 4.98 Å². The Balaban J connectivity index is 1.69. The van der Waals surface area contributed by atoms with Crippen molar-refractivity contribution in [3.63, 3.8) is 0 Å². The predicted molar refractivity (Wildman–Crippen MR) is 110 cm³/mol. The van der Waals surface area contributed by atoms with Gasteiger partial charge in [0, 0.05) is 17.7 Å². The second kappa shape index (κ2) is 7.80. The summed E-state index contributed by atoms with van der Waals surface area (Å²) in [5.41, 5.74) is 3.45. The van der Waals surface area contributed by atoms with Gasteiger partial charge in [0.2, 0.25) is 0 Å². The summed E-state index contributed by atoms with van der Waals surface area (Å²) < 4.78 is 56.2. The minimum atomic E-state index is -2.84. The molecule has 1 aromatic heterocycles. The van der Waals surface area contributed by atoms with Gasteiger partial charge in [-0.2, -0.15) is 0 Å². The van der Waals surface area contributed by atoms with Crippen molar-refractivity contribution in [3.8, 4) is 11.1 Å². The molecule has 0 saturated heterocycles. The van der Waals surface area contributed by atoms with Crippen LogP contribution < -0.4 is 5.32 Å². The summed E-state index contributed by atoms with van der Waals surface area (Å²) in [4.78, 5) is 15.8. The Bertz CT molecular complexity index is 1170. The van der Waals surface area contributed by atoms with Crippen LogP contribution in [0, 0.1) is 18.6 Å². The largest absolute Gasteiger partial charge is 0.322 e. The van der Waals surface area contributed by atoms with Crippen molar-refractivity contribution in [2.45, 2.75) is 39.0 Å². The van der Waals surface area contributed by atoms with Gasteiger partial charge in [0.15, 0.2) is 11.6 Å². The third-order valence-corrected chi connectivity index (χ3v) is 5.68. The van der Waals surface area contributed by atoms with Crippen LogP contribution in [0.15, 0.2) is 42.7 Å². The van der Waals surface area contributed by atoms with Gasteiger partial charge in [-0.05, 0) is 65.8 Å². The second-order valence-electron chi connectivity index (χ2n) is 7.69. The second-order valence-corrected chi connectivity index (χ2v) is 7.69. The molecule has 1 heterocycles. The SMILES string of the molecule is CCc1cc(-c2cc3c(cc2C)CCC3(F)F)ccc1NC(=O)c1c(F)cncc1F. The van der Waals surface area contributed by atoms with Crippen LogP contribution in [-0.4, -0.2) is 10.9 Å². The summed E-state index contributed by atoms with van der Waals surface area (Å²) in [5.74, 6) is -5.87. The Morgan fingerprint density at radius 3 is 2.52 bits per heavy atom. The highest BCUT2D eigenvalue weighted by atomic mass is 19.3. The Morgan fingerprint density at radius 1 is 1.13 bits per heavy atom. The molecular formula is C24H20F4N2O. The Kier molecular flexibility index (Phi) is 5.29. The van der Waals surface area contributed by atoms with Gasteiger partial charge in [0.25, 0.3) is 11.8 Å². The van der Waals surface area contributed by atoms with Crippen molar-refractivity contribution < 1.29 is 22.4 Å². The number of anilines is 1. The molecule has 0 unspecified atom stereocenters. The number of aryl methyl sites for hydroxylation is 3. The van der Waals surface area contributed by atoms with Gasteiger partial charge in [-0.25, -0.2) is 17.6 Å². The van der Waals surface area contributed by atoms with E-state index in [0.29, 0.717) is 35.2 Å². The summed E-state index contributed by atoms with van der Waals surface area (Å²) >= 11 is 0. The minimum Gasteiger partial charge on any atom is -0.322 e. The normalized spacial score (nSPS) is 14.4. The monoisotopic (exact) mass is 428 g/mol. The molecule has 1 aliphatic rings. The molecule has 1 N–H and O–H groups in total. The van der Waals surface area contributed by atoms with E-state index in [-0.39, 0.29) is 12.0 Å².